The van der Waals surface area contributed by atoms with Crippen LogP contribution in [0.4, 0.5) is 5.69 Å². The van der Waals surface area contributed by atoms with Crippen molar-refractivity contribution < 1.29 is 9.53 Å². The summed E-state index contributed by atoms with van der Waals surface area (Å²) in [6.45, 7) is 5.66. The molecule has 0 unspecified atom stereocenters. The average molecular weight is 352 g/mol. The molecule has 0 aromatic heterocycles. The number of carbonyl (C=O) groups excluding carboxylic acids is 1. The van der Waals surface area contributed by atoms with E-state index in [4.69, 9.17) is 16.3 Å². The first-order chi connectivity index (χ1) is 11.6. The molecule has 1 fully saturated rings. The standard InChI is InChI=1S/C18H26ClN3O2/c1-21-10-11-24-17-15(12-14(19)13-16(17)21)18(23)20-6-2-3-7-22-8-4-5-9-22/h12-13H,2-11H2,1H3,(H,20,23). The number of fused-ring (bicyclic) bond motifs is 1. The summed E-state index contributed by atoms with van der Waals surface area (Å²) in [4.78, 5) is 17.1. The summed E-state index contributed by atoms with van der Waals surface area (Å²) in [7, 11) is 1.98. The minimum atomic E-state index is -0.106. The van der Waals surface area contributed by atoms with Gasteiger partial charge in [0.15, 0.2) is 5.75 Å². The first kappa shape index (κ1) is 17.4. The fourth-order valence-electron chi connectivity index (χ4n) is 3.35. The van der Waals surface area contributed by atoms with Crippen molar-refractivity contribution in [1.29, 1.82) is 0 Å². The van der Waals surface area contributed by atoms with Crippen LogP contribution in [-0.4, -0.2) is 57.2 Å². The third kappa shape index (κ3) is 4.14. The quantitative estimate of drug-likeness (QED) is 0.800. The Kier molecular flexibility index (Phi) is 5.85. The van der Waals surface area contributed by atoms with Gasteiger partial charge in [0.1, 0.15) is 6.61 Å². The van der Waals surface area contributed by atoms with Crippen molar-refractivity contribution >= 4 is 23.2 Å². The van der Waals surface area contributed by atoms with Gasteiger partial charge in [-0.1, -0.05) is 11.6 Å². The SMILES string of the molecule is CN1CCOc2c(C(=O)NCCCCN3CCCC3)cc(Cl)cc21. The Hall–Kier alpha value is -1.46. The van der Waals surface area contributed by atoms with E-state index < -0.39 is 0 Å². The van der Waals surface area contributed by atoms with Crippen LogP contribution >= 0.6 is 11.6 Å². The Morgan fingerprint density at radius 3 is 2.83 bits per heavy atom. The second-order valence-electron chi connectivity index (χ2n) is 6.58. The van der Waals surface area contributed by atoms with Crippen molar-refractivity contribution in [3.8, 4) is 5.75 Å². The van der Waals surface area contributed by atoms with Gasteiger partial charge in [-0.05, 0) is 57.5 Å². The number of hydrogen-bond donors (Lipinski definition) is 1. The molecule has 0 bridgehead atoms. The van der Waals surface area contributed by atoms with Gasteiger partial charge >= 0.3 is 0 Å². The molecule has 2 aliphatic heterocycles. The third-order valence-electron chi connectivity index (χ3n) is 4.75. The zero-order valence-corrected chi connectivity index (χ0v) is 15.1. The molecule has 3 rings (SSSR count). The number of halogens is 1. The first-order valence-corrected chi connectivity index (χ1v) is 9.21. The molecule has 24 heavy (non-hydrogen) atoms. The van der Waals surface area contributed by atoms with Crippen molar-refractivity contribution in [3.63, 3.8) is 0 Å². The molecule has 2 heterocycles. The maximum Gasteiger partial charge on any atom is 0.255 e. The van der Waals surface area contributed by atoms with Gasteiger partial charge in [-0.2, -0.15) is 0 Å². The second kappa shape index (κ2) is 8.08. The number of carbonyl (C=O) groups is 1. The summed E-state index contributed by atoms with van der Waals surface area (Å²) in [5.41, 5.74) is 1.41. The predicted molar refractivity (Wildman–Crippen MR) is 97.5 cm³/mol. The number of nitrogens with one attached hydrogen (secondary N) is 1. The minimum absolute atomic E-state index is 0.106. The monoisotopic (exact) mass is 351 g/mol. The average Bonchev–Trinajstić information content (AvgIpc) is 3.08. The Labute approximate surface area is 148 Å². The molecule has 0 spiro atoms. The lowest BCUT2D eigenvalue weighted by molar-refractivity contribution is 0.0948. The van der Waals surface area contributed by atoms with Gasteiger partial charge in [-0.15, -0.1) is 0 Å². The molecule has 2 aliphatic rings. The topological polar surface area (TPSA) is 44.8 Å². The van der Waals surface area contributed by atoms with E-state index in [-0.39, 0.29) is 5.91 Å². The molecular formula is C18H26ClN3O2. The van der Waals surface area contributed by atoms with Crippen LogP contribution in [0.5, 0.6) is 5.75 Å². The molecule has 1 aromatic rings. The number of nitrogens with zero attached hydrogens (tertiary/aromatic N) is 2. The highest BCUT2D eigenvalue weighted by atomic mass is 35.5. The maximum absolute atomic E-state index is 12.5. The zero-order valence-electron chi connectivity index (χ0n) is 14.3. The molecule has 0 aliphatic carbocycles. The van der Waals surface area contributed by atoms with Gasteiger partial charge in [0.05, 0.1) is 17.8 Å². The lowest BCUT2D eigenvalue weighted by atomic mass is 10.1. The van der Waals surface area contributed by atoms with E-state index in [2.05, 4.69) is 15.1 Å². The highest BCUT2D eigenvalue weighted by Crippen LogP contribution is 2.37. The van der Waals surface area contributed by atoms with Crippen molar-refractivity contribution in [3.05, 3.63) is 22.7 Å². The molecule has 1 saturated heterocycles. The van der Waals surface area contributed by atoms with Gasteiger partial charge in [-0.3, -0.25) is 4.79 Å². The van der Waals surface area contributed by atoms with Gasteiger partial charge in [-0.25, -0.2) is 0 Å². The van der Waals surface area contributed by atoms with E-state index in [0.29, 0.717) is 29.5 Å². The van der Waals surface area contributed by atoms with Crippen molar-refractivity contribution in [2.45, 2.75) is 25.7 Å². The van der Waals surface area contributed by atoms with E-state index in [1.165, 1.54) is 25.9 Å². The molecule has 1 aromatic carbocycles. The number of likely N-dealkylation sites (tertiary alicyclic amines) is 1. The van der Waals surface area contributed by atoms with Crippen LogP contribution in [0, 0.1) is 0 Å². The number of benzene rings is 1. The number of hydrogen-bond acceptors (Lipinski definition) is 4. The molecule has 1 N–H and O–H groups in total. The maximum atomic E-state index is 12.5. The van der Waals surface area contributed by atoms with Gasteiger partial charge in [0, 0.05) is 18.6 Å². The normalized spacial score (nSPS) is 17.5. The summed E-state index contributed by atoms with van der Waals surface area (Å²) in [6.07, 6.45) is 4.76. The fourth-order valence-corrected chi connectivity index (χ4v) is 3.56. The predicted octanol–water partition coefficient (Wildman–Crippen LogP) is 2.77. The van der Waals surface area contributed by atoms with E-state index in [1.54, 1.807) is 6.07 Å². The van der Waals surface area contributed by atoms with E-state index >= 15 is 0 Å². The summed E-state index contributed by atoms with van der Waals surface area (Å²) in [5.74, 6) is 0.535. The van der Waals surface area contributed by atoms with Crippen LogP contribution in [0.3, 0.4) is 0 Å². The lowest BCUT2D eigenvalue weighted by Crippen LogP contribution is -2.32. The molecule has 1 amide bonds. The Morgan fingerprint density at radius 1 is 1.25 bits per heavy atom. The Morgan fingerprint density at radius 2 is 2.04 bits per heavy atom. The lowest BCUT2D eigenvalue weighted by Gasteiger charge is -2.29. The highest BCUT2D eigenvalue weighted by Gasteiger charge is 2.23. The molecule has 0 atom stereocenters. The summed E-state index contributed by atoms with van der Waals surface area (Å²) >= 11 is 6.18. The summed E-state index contributed by atoms with van der Waals surface area (Å²) < 4.78 is 5.73. The molecule has 6 heteroatoms. The third-order valence-corrected chi connectivity index (χ3v) is 4.97. The van der Waals surface area contributed by atoms with E-state index in [0.717, 1.165) is 31.6 Å². The number of anilines is 1. The summed E-state index contributed by atoms with van der Waals surface area (Å²) in [5, 5.41) is 3.56. The molecule has 0 radical (unpaired) electrons. The number of ether oxygens (including phenoxy) is 1. The number of amides is 1. The van der Waals surface area contributed by atoms with E-state index in [1.807, 2.05) is 13.1 Å². The molecule has 5 nitrogen and oxygen atoms in total. The Bertz CT molecular complexity index is 588. The summed E-state index contributed by atoms with van der Waals surface area (Å²) in [6, 6.07) is 3.54. The van der Waals surface area contributed by atoms with E-state index in [9.17, 15) is 4.79 Å². The number of likely N-dealkylation sites (N-methyl/N-ethyl adjacent to an activating group) is 1. The molecule has 0 saturated carbocycles. The number of rotatable bonds is 6. The van der Waals surface area contributed by atoms with Crippen LogP contribution < -0.4 is 15.0 Å². The van der Waals surface area contributed by atoms with Gasteiger partial charge in [0.2, 0.25) is 0 Å². The Balaban J connectivity index is 1.53. The van der Waals surface area contributed by atoms with Crippen LogP contribution in [0.15, 0.2) is 12.1 Å². The van der Waals surface area contributed by atoms with Crippen molar-refractivity contribution in [2.24, 2.45) is 0 Å². The van der Waals surface area contributed by atoms with Gasteiger partial charge in [0.25, 0.3) is 5.91 Å². The van der Waals surface area contributed by atoms with Crippen LogP contribution in [-0.2, 0) is 0 Å². The smallest absolute Gasteiger partial charge is 0.255 e. The molecular weight excluding hydrogens is 326 g/mol. The number of unbranched alkanes of at least 4 members (excludes halogenated alkanes) is 1. The zero-order chi connectivity index (χ0) is 16.9. The van der Waals surface area contributed by atoms with Crippen LogP contribution in [0.2, 0.25) is 5.02 Å². The van der Waals surface area contributed by atoms with Gasteiger partial charge < -0.3 is 19.9 Å². The van der Waals surface area contributed by atoms with Crippen molar-refractivity contribution in [2.75, 3.05) is 51.3 Å². The first-order valence-electron chi connectivity index (χ1n) is 8.83. The largest absolute Gasteiger partial charge is 0.489 e. The second-order valence-corrected chi connectivity index (χ2v) is 7.02. The van der Waals surface area contributed by atoms with Crippen molar-refractivity contribution in [1.82, 2.24) is 10.2 Å². The molecule has 132 valence electrons. The minimum Gasteiger partial charge on any atom is -0.489 e. The fraction of sp³-hybridized carbons (Fsp3) is 0.611. The highest BCUT2D eigenvalue weighted by molar-refractivity contribution is 6.31. The van der Waals surface area contributed by atoms with Crippen LogP contribution in [0.25, 0.3) is 0 Å². The van der Waals surface area contributed by atoms with Crippen LogP contribution in [0.1, 0.15) is 36.0 Å².